The quantitative estimate of drug-likeness (QED) is 0.482. The van der Waals surface area contributed by atoms with Gasteiger partial charge in [-0.05, 0) is 53.1 Å². The van der Waals surface area contributed by atoms with Crippen LogP contribution in [-0.2, 0) is 16.0 Å². The largest absolute Gasteiger partial charge is 0.378 e. The maximum Gasteiger partial charge on any atom is 0.263 e. The van der Waals surface area contributed by atoms with Gasteiger partial charge in [0, 0.05) is 49.5 Å². The predicted octanol–water partition coefficient (Wildman–Crippen LogP) is 4.07. The van der Waals surface area contributed by atoms with Crippen LogP contribution in [0.5, 0.6) is 0 Å². The molecular formula is C28H31F2N5O3. The Morgan fingerprint density at radius 1 is 0.921 bits per heavy atom. The minimum Gasteiger partial charge on any atom is -0.378 e. The lowest BCUT2D eigenvalue weighted by molar-refractivity contribution is 0.102. The van der Waals surface area contributed by atoms with Gasteiger partial charge in [0.25, 0.3) is 12.3 Å². The molecule has 2 fully saturated rings. The molecule has 2 aliphatic rings. The topological polar surface area (TPSA) is 93.0 Å². The van der Waals surface area contributed by atoms with Crippen LogP contribution in [0.3, 0.4) is 0 Å². The summed E-state index contributed by atoms with van der Waals surface area (Å²) < 4.78 is 37.3. The first-order valence-electron chi connectivity index (χ1n) is 12.7. The van der Waals surface area contributed by atoms with Crippen LogP contribution in [0.15, 0.2) is 54.6 Å². The summed E-state index contributed by atoms with van der Waals surface area (Å²) in [5, 5.41) is 2.85. The molecule has 0 radical (unpaired) electrons. The molecule has 0 saturated carbocycles. The van der Waals surface area contributed by atoms with Gasteiger partial charge in [-0.15, -0.1) is 0 Å². The van der Waals surface area contributed by atoms with Crippen molar-refractivity contribution in [3.05, 3.63) is 71.3 Å². The number of alkyl halides is 2. The highest BCUT2D eigenvalue weighted by Crippen LogP contribution is 2.33. The number of nitrogens with one attached hydrogen (secondary N) is 1. The predicted molar refractivity (Wildman–Crippen MR) is 143 cm³/mol. The van der Waals surface area contributed by atoms with Crippen LogP contribution in [-0.4, -0.2) is 63.5 Å². The van der Waals surface area contributed by atoms with Crippen molar-refractivity contribution in [3.63, 3.8) is 0 Å². The van der Waals surface area contributed by atoms with Gasteiger partial charge in [0.15, 0.2) is 0 Å². The Morgan fingerprint density at radius 2 is 1.55 bits per heavy atom. The Kier molecular flexibility index (Phi) is 8.11. The van der Waals surface area contributed by atoms with Gasteiger partial charge in [-0.25, -0.2) is 13.8 Å². The van der Waals surface area contributed by atoms with Crippen LogP contribution in [0.2, 0.25) is 0 Å². The third-order valence-corrected chi connectivity index (χ3v) is 6.77. The number of nitrogens with zero attached hydrogens (tertiary/aromatic N) is 3. The van der Waals surface area contributed by atoms with E-state index in [9.17, 15) is 13.6 Å². The van der Waals surface area contributed by atoms with Gasteiger partial charge >= 0.3 is 0 Å². The Balaban J connectivity index is 1.50. The van der Waals surface area contributed by atoms with E-state index < -0.39 is 12.3 Å². The molecule has 8 nitrogen and oxygen atoms in total. The number of amides is 1. The lowest BCUT2D eigenvalue weighted by atomic mass is 9.98. The SMILES string of the molecule is NCc1ccc(NC(=O)c2cccc(C(F)F)c2)cc1-c1cc(N2CCOCC2)nc(N2CCOCC2)c1. The molecule has 38 heavy (non-hydrogen) atoms. The van der Waals surface area contributed by atoms with E-state index in [4.69, 9.17) is 20.2 Å². The molecule has 3 N–H and O–H groups in total. The first-order chi connectivity index (χ1) is 18.5. The van der Waals surface area contributed by atoms with E-state index in [0.717, 1.165) is 54.5 Å². The molecule has 10 heteroatoms. The molecule has 0 unspecified atom stereocenters. The molecule has 1 aromatic heterocycles. The number of hydrogen-bond acceptors (Lipinski definition) is 7. The van der Waals surface area contributed by atoms with E-state index in [1.165, 1.54) is 24.3 Å². The number of rotatable bonds is 7. The van der Waals surface area contributed by atoms with Crippen molar-refractivity contribution >= 4 is 23.2 Å². The van der Waals surface area contributed by atoms with Crippen molar-refractivity contribution in [2.75, 3.05) is 67.7 Å². The molecule has 2 aliphatic heterocycles. The molecule has 2 aromatic carbocycles. The third kappa shape index (κ3) is 5.93. The number of pyridine rings is 1. The van der Waals surface area contributed by atoms with Crippen LogP contribution in [0, 0.1) is 0 Å². The Bertz CT molecular complexity index is 1240. The molecule has 0 bridgehead atoms. The van der Waals surface area contributed by atoms with E-state index in [1.54, 1.807) is 6.07 Å². The number of carbonyl (C=O) groups is 1. The summed E-state index contributed by atoms with van der Waals surface area (Å²) in [6.07, 6.45) is -2.65. The lowest BCUT2D eigenvalue weighted by Crippen LogP contribution is -2.39. The van der Waals surface area contributed by atoms with Crippen LogP contribution in [0.1, 0.15) is 27.9 Å². The van der Waals surface area contributed by atoms with Crippen LogP contribution >= 0.6 is 0 Å². The molecule has 0 spiro atoms. The van der Waals surface area contributed by atoms with Crippen LogP contribution in [0.25, 0.3) is 11.1 Å². The number of hydrogen-bond donors (Lipinski definition) is 2. The second kappa shape index (κ2) is 11.8. The number of halogens is 2. The molecule has 0 atom stereocenters. The van der Waals surface area contributed by atoms with Gasteiger partial charge in [0.05, 0.1) is 26.4 Å². The lowest BCUT2D eigenvalue weighted by Gasteiger charge is -2.32. The molecule has 200 valence electrons. The van der Waals surface area contributed by atoms with Gasteiger partial charge < -0.3 is 30.3 Å². The Morgan fingerprint density at radius 3 is 2.13 bits per heavy atom. The highest BCUT2D eigenvalue weighted by atomic mass is 19.3. The molecule has 5 rings (SSSR count). The number of ether oxygens (including phenoxy) is 2. The van der Waals surface area contributed by atoms with Gasteiger partial charge in [-0.1, -0.05) is 18.2 Å². The van der Waals surface area contributed by atoms with Crippen molar-refractivity contribution in [1.82, 2.24) is 4.98 Å². The summed E-state index contributed by atoms with van der Waals surface area (Å²) in [6.45, 7) is 5.85. The Hall–Kier alpha value is -3.60. The average Bonchev–Trinajstić information content (AvgIpc) is 2.98. The third-order valence-electron chi connectivity index (χ3n) is 6.77. The van der Waals surface area contributed by atoms with E-state index in [-0.39, 0.29) is 11.1 Å². The van der Waals surface area contributed by atoms with Gasteiger partial charge in [-0.3, -0.25) is 4.79 Å². The summed E-state index contributed by atoms with van der Waals surface area (Å²) in [7, 11) is 0. The summed E-state index contributed by atoms with van der Waals surface area (Å²) in [4.78, 5) is 22.3. The highest BCUT2D eigenvalue weighted by Gasteiger charge is 2.20. The second-order valence-corrected chi connectivity index (χ2v) is 9.23. The number of carbonyl (C=O) groups excluding carboxylic acids is 1. The minimum atomic E-state index is -2.65. The van der Waals surface area contributed by atoms with Crippen molar-refractivity contribution in [2.45, 2.75) is 13.0 Å². The van der Waals surface area contributed by atoms with Gasteiger partial charge in [0.1, 0.15) is 11.6 Å². The van der Waals surface area contributed by atoms with Gasteiger partial charge in [-0.2, -0.15) is 0 Å². The van der Waals surface area contributed by atoms with Crippen molar-refractivity contribution in [2.24, 2.45) is 5.73 Å². The molecule has 3 heterocycles. The van der Waals surface area contributed by atoms with Crippen molar-refractivity contribution in [1.29, 1.82) is 0 Å². The molecule has 2 saturated heterocycles. The van der Waals surface area contributed by atoms with Crippen molar-refractivity contribution < 1.29 is 23.0 Å². The first kappa shape index (κ1) is 26.0. The highest BCUT2D eigenvalue weighted by molar-refractivity contribution is 6.04. The first-order valence-corrected chi connectivity index (χ1v) is 12.7. The zero-order valence-electron chi connectivity index (χ0n) is 21.0. The van der Waals surface area contributed by atoms with Crippen LogP contribution < -0.4 is 20.9 Å². The maximum atomic E-state index is 13.1. The summed E-state index contributed by atoms with van der Waals surface area (Å²) in [5.41, 5.74) is 9.34. The average molecular weight is 524 g/mol. The fourth-order valence-corrected chi connectivity index (χ4v) is 4.69. The standard InChI is InChI=1S/C28H31F2N5O3/c29-27(30)19-2-1-3-20(14-19)28(36)32-23-5-4-21(18-31)24(17-23)22-15-25(34-6-10-37-11-7-34)33-26(16-22)35-8-12-38-13-9-35/h1-5,14-17,27H,6-13,18,31H2,(H,32,36). The minimum absolute atomic E-state index is 0.167. The molecule has 0 aliphatic carbocycles. The monoisotopic (exact) mass is 523 g/mol. The second-order valence-electron chi connectivity index (χ2n) is 9.23. The smallest absolute Gasteiger partial charge is 0.263 e. The van der Waals surface area contributed by atoms with E-state index in [0.29, 0.717) is 38.7 Å². The molecular weight excluding hydrogens is 492 g/mol. The van der Waals surface area contributed by atoms with Crippen LogP contribution in [0.4, 0.5) is 26.1 Å². The Labute approximate surface area is 220 Å². The number of anilines is 3. The zero-order valence-corrected chi connectivity index (χ0v) is 21.0. The van der Waals surface area contributed by atoms with E-state index >= 15 is 0 Å². The fraction of sp³-hybridized carbons (Fsp3) is 0.357. The summed E-state index contributed by atoms with van der Waals surface area (Å²) in [5.74, 6) is 1.25. The number of nitrogens with two attached hydrogens (primary N) is 1. The van der Waals surface area contributed by atoms with E-state index in [1.807, 2.05) is 24.3 Å². The number of morpholine rings is 2. The number of aromatic nitrogens is 1. The molecule has 3 aromatic rings. The fourth-order valence-electron chi connectivity index (χ4n) is 4.69. The normalized spacial score (nSPS) is 16.1. The molecule has 1 amide bonds. The van der Waals surface area contributed by atoms with Crippen molar-refractivity contribution in [3.8, 4) is 11.1 Å². The number of benzene rings is 2. The zero-order chi connectivity index (χ0) is 26.5. The van der Waals surface area contributed by atoms with Gasteiger partial charge in [0.2, 0.25) is 0 Å². The summed E-state index contributed by atoms with van der Waals surface area (Å²) >= 11 is 0. The van der Waals surface area contributed by atoms with E-state index in [2.05, 4.69) is 15.1 Å². The summed E-state index contributed by atoms with van der Waals surface area (Å²) in [6, 6.07) is 15.1. The maximum absolute atomic E-state index is 13.1.